The lowest BCUT2D eigenvalue weighted by atomic mass is 9.88. The Morgan fingerprint density at radius 3 is 2.65 bits per heavy atom. The molecule has 0 aromatic heterocycles. The van der Waals surface area contributed by atoms with Gasteiger partial charge in [-0.3, -0.25) is 19.9 Å². The predicted octanol–water partition coefficient (Wildman–Crippen LogP) is 4.00. The molecular formula is C26H35F3N4O4. The molecule has 4 atom stereocenters. The molecule has 1 saturated carbocycles. The van der Waals surface area contributed by atoms with Gasteiger partial charge >= 0.3 is 6.18 Å². The number of rotatable bonds is 7. The van der Waals surface area contributed by atoms with Crippen LogP contribution in [0.25, 0.3) is 0 Å². The van der Waals surface area contributed by atoms with E-state index in [1.54, 1.807) is 7.11 Å². The maximum atomic E-state index is 13.4. The molecule has 1 saturated heterocycles. The van der Waals surface area contributed by atoms with Gasteiger partial charge in [-0.05, 0) is 64.7 Å². The van der Waals surface area contributed by atoms with Crippen LogP contribution in [-0.2, 0) is 20.5 Å². The van der Waals surface area contributed by atoms with Gasteiger partial charge in [0.2, 0.25) is 11.8 Å². The van der Waals surface area contributed by atoms with Crippen LogP contribution in [0.1, 0.15) is 70.5 Å². The summed E-state index contributed by atoms with van der Waals surface area (Å²) in [6.45, 7) is 7.72. The second-order valence-electron chi connectivity index (χ2n) is 11.5. The minimum atomic E-state index is -4.51. The van der Waals surface area contributed by atoms with E-state index in [2.05, 4.69) is 10.6 Å². The molecule has 1 aromatic carbocycles. The fraction of sp³-hybridized carbons (Fsp3) is 0.654. The van der Waals surface area contributed by atoms with E-state index in [1.165, 1.54) is 11.0 Å². The number of carbonyl (C=O) groups is 2. The molecule has 3 aliphatic rings. The number of amides is 2. The number of halogens is 3. The summed E-state index contributed by atoms with van der Waals surface area (Å²) in [5, 5.41) is 14.5. The Labute approximate surface area is 214 Å². The van der Waals surface area contributed by atoms with E-state index in [4.69, 9.17) is 14.9 Å². The van der Waals surface area contributed by atoms with Crippen molar-refractivity contribution in [1.82, 2.24) is 15.5 Å². The van der Waals surface area contributed by atoms with Crippen LogP contribution >= 0.6 is 0 Å². The van der Waals surface area contributed by atoms with E-state index in [0.717, 1.165) is 12.1 Å². The summed E-state index contributed by atoms with van der Waals surface area (Å²) in [5.41, 5.74) is -1.71. The Hall–Kier alpha value is -2.82. The summed E-state index contributed by atoms with van der Waals surface area (Å²) in [6, 6.07) is 2.29. The molecule has 4 rings (SSSR count). The van der Waals surface area contributed by atoms with Crippen molar-refractivity contribution in [2.75, 3.05) is 13.7 Å². The van der Waals surface area contributed by atoms with Gasteiger partial charge in [0.15, 0.2) is 5.96 Å². The van der Waals surface area contributed by atoms with Crippen molar-refractivity contribution in [1.29, 1.82) is 5.41 Å². The average Bonchev–Trinajstić information content (AvgIpc) is 3.54. The second-order valence-corrected chi connectivity index (χ2v) is 11.5. The van der Waals surface area contributed by atoms with Crippen LogP contribution in [0.2, 0.25) is 0 Å². The van der Waals surface area contributed by atoms with Crippen molar-refractivity contribution >= 4 is 17.8 Å². The summed E-state index contributed by atoms with van der Waals surface area (Å²) < 4.78 is 51.3. The van der Waals surface area contributed by atoms with Gasteiger partial charge in [-0.1, -0.05) is 0 Å². The number of fused-ring (bicyclic) bond motifs is 1. The Balaban J connectivity index is 1.52. The van der Waals surface area contributed by atoms with Crippen molar-refractivity contribution in [2.45, 2.75) is 82.8 Å². The van der Waals surface area contributed by atoms with Gasteiger partial charge in [0.25, 0.3) is 0 Å². The monoisotopic (exact) mass is 524 g/mol. The van der Waals surface area contributed by atoms with E-state index in [1.807, 2.05) is 27.7 Å². The molecule has 8 nitrogen and oxygen atoms in total. The molecule has 3 N–H and O–H groups in total. The number of nitrogens with zero attached hydrogens (tertiary/aromatic N) is 1. The smallest absolute Gasteiger partial charge is 0.416 e. The molecule has 204 valence electrons. The largest absolute Gasteiger partial charge is 0.487 e. The Morgan fingerprint density at radius 2 is 2.03 bits per heavy atom. The van der Waals surface area contributed by atoms with E-state index < -0.39 is 40.9 Å². The zero-order valence-electron chi connectivity index (χ0n) is 21.8. The molecule has 0 radical (unpaired) electrons. The summed E-state index contributed by atoms with van der Waals surface area (Å²) in [5.74, 6) is -0.730. The van der Waals surface area contributed by atoms with E-state index in [-0.39, 0.29) is 30.1 Å². The first-order chi connectivity index (χ1) is 17.1. The fourth-order valence-corrected chi connectivity index (χ4v) is 5.52. The third-order valence-corrected chi connectivity index (χ3v) is 7.29. The zero-order valence-corrected chi connectivity index (χ0v) is 21.8. The summed E-state index contributed by atoms with van der Waals surface area (Å²) in [4.78, 5) is 27.7. The molecule has 2 aliphatic heterocycles. The molecule has 0 bridgehead atoms. The van der Waals surface area contributed by atoms with Crippen molar-refractivity contribution in [3.05, 3.63) is 29.3 Å². The molecule has 11 heteroatoms. The topological polar surface area (TPSA) is 104 Å². The van der Waals surface area contributed by atoms with E-state index >= 15 is 0 Å². The number of alkyl halides is 3. The highest BCUT2D eigenvalue weighted by Gasteiger charge is 2.53. The molecule has 37 heavy (non-hydrogen) atoms. The minimum absolute atomic E-state index is 0.00759. The number of nitrogens with one attached hydrogen (secondary N) is 3. The van der Waals surface area contributed by atoms with Gasteiger partial charge in [0.05, 0.1) is 11.6 Å². The maximum Gasteiger partial charge on any atom is 0.416 e. The normalized spacial score (nSPS) is 27.0. The van der Waals surface area contributed by atoms with Crippen LogP contribution in [0, 0.1) is 17.2 Å². The minimum Gasteiger partial charge on any atom is -0.487 e. The molecule has 2 fully saturated rings. The molecule has 0 spiro atoms. The number of benzene rings is 1. The van der Waals surface area contributed by atoms with Crippen LogP contribution in [0.5, 0.6) is 5.75 Å². The Bertz CT molecular complexity index is 1070. The number of guanidine groups is 1. The Morgan fingerprint density at radius 1 is 1.32 bits per heavy atom. The number of ether oxygens (including phenoxy) is 2. The fourth-order valence-electron chi connectivity index (χ4n) is 5.52. The first-order valence-corrected chi connectivity index (χ1v) is 12.5. The van der Waals surface area contributed by atoms with Crippen molar-refractivity contribution in [3.8, 4) is 5.75 Å². The van der Waals surface area contributed by atoms with Crippen LogP contribution in [0.4, 0.5) is 13.2 Å². The lowest BCUT2D eigenvalue weighted by molar-refractivity contribution is -0.137. The van der Waals surface area contributed by atoms with E-state index in [0.29, 0.717) is 37.2 Å². The average molecular weight is 525 g/mol. The lowest BCUT2D eigenvalue weighted by Gasteiger charge is -2.42. The number of hydrogen-bond donors (Lipinski definition) is 3. The predicted molar refractivity (Wildman–Crippen MR) is 130 cm³/mol. The molecule has 1 aromatic rings. The van der Waals surface area contributed by atoms with Crippen molar-refractivity contribution < 1.29 is 32.2 Å². The van der Waals surface area contributed by atoms with Crippen LogP contribution < -0.4 is 15.4 Å². The first kappa shape index (κ1) is 27.2. The first-order valence-electron chi connectivity index (χ1n) is 12.5. The molecular weight excluding hydrogens is 489 g/mol. The standard InChI is InChI=1S/C26H35F3N4O4/c1-24(2)13-21(34)33(23(30)32-24)19(8-9-36-5)15-11-16(15)22(35)31-18-12-25(3,4)37-20-7-6-14(10-17(18)20)26(27,28)29/h6-7,10,15-16,18-19H,8-9,11-13H2,1-5H3,(H2,30,32)(H,31,35)/t15?,16-,18+,19-/m1/s1. The highest BCUT2D eigenvalue weighted by Crippen LogP contribution is 2.47. The second kappa shape index (κ2) is 9.49. The molecule has 1 aliphatic carbocycles. The van der Waals surface area contributed by atoms with Gasteiger partial charge in [0, 0.05) is 49.6 Å². The van der Waals surface area contributed by atoms with Crippen LogP contribution in [0.3, 0.4) is 0 Å². The van der Waals surface area contributed by atoms with E-state index in [9.17, 15) is 22.8 Å². The van der Waals surface area contributed by atoms with Crippen molar-refractivity contribution in [2.24, 2.45) is 11.8 Å². The van der Waals surface area contributed by atoms with Gasteiger partial charge in [0.1, 0.15) is 11.4 Å². The molecule has 2 heterocycles. The zero-order chi connectivity index (χ0) is 27.3. The van der Waals surface area contributed by atoms with Crippen LogP contribution in [0.15, 0.2) is 18.2 Å². The number of hydrogen-bond acceptors (Lipinski definition) is 5. The quantitative estimate of drug-likeness (QED) is 0.500. The SMILES string of the molecule is COCC[C@H](C1C[C@H]1C(=O)N[C@H]1CC(C)(C)Oc2ccc(C(F)(F)F)cc21)N1C(=N)NC(C)(C)CC1=O. The van der Waals surface area contributed by atoms with Crippen LogP contribution in [-0.4, -0.2) is 53.6 Å². The third-order valence-electron chi connectivity index (χ3n) is 7.29. The third kappa shape index (κ3) is 5.86. The molecule has 2 amide bonds. The van der Waals surface area contributed by atoms with Gasteiger partial charge in [-0.25, -0.2) is 0 Å². The summed E-state index contributed by atoms with van der Waals surface area (Å²) in [6.07, 6.45) is -3.00. The van der Waals surface area contributed by atoms with Crippen molar-refractivity contribution in [3.63, 3.8) is 0 Å². The molecule has 1 unspecified atom stereocenters. The number of methoxy groups -OCH3 is 1. The highest BCUT2D eigenvalue weighted by molar-refractivity contribution is 5.99. The summed E-state index contributed by atoms with van der Waals surface area (Å²) >= 11 is 0. The lowest BCUT2D eigenvalue weighted by Crippen LogP contribution is -2.63. The highest BCUT2D eigenvalue weighted by atomic mass is 19.4. The van der Waals surface area contributed by atoms with Gasteiger partial charge < -0.3 is 20.1 Å². The maximum absolute atomic E-state index is 13.4. The Kier molecular flexibility index (Phi) is 6.98. The summed E-state index contributed by atoms with van der Waals surface area (Å²) in [7, 11) is 1.55. The number of carbonyl (C=O) groups excluding carboxylic acids is 2. The van der Waals surface area contributed by atoms with Gasteiger partial charge in [-0.15, -0.1) is 0 Å². The van der Waals surface area contributed by atoms with Gasteiger partial charge in [-0.2, -0.15) is 13.2 Å².